The topological polar surface area (TPSA) is 109 Å². The minimum atomic E-state index is -0.742. The Morgan fingerprint density at radius 2 is 2.12 bits per heavy atom. The third kappa shape index (κ3) is 1.87. The van der Waals surface area contributed by atoms with Gasteiger partial charge in [0.25, 0.3) is 5.56 Å². The number of hydrogen-bond donors (Lipinski definition) is 2. The molecule has 8 nitrogen and oxygen atoms in total. The van der Waals surface area contributed by atoms with Crippen molar-refractivity contribution in [1.29, 1.82) is 0 Å². The van der Waals surface area contributed by atoms with Crippen LogP contribution in [0.2, 0.25) is 0 Å². The molecular weight excluding hydrogens is 317 g/mol. The van der Waals surface area contributed by atoms with Crippen molar-refractivity contribution in [3.8, 4) is 5.75 Å². The molecule has 0 saturated carbocycles. The van der Waals surface area contributed by atoms with E-state index >= 15 is 0 Å². The van der Waals surface area contributed by atoms with Crippen LogP contribution in [0.1, 0.15) is 19.4 Å². The predicted octanol–water partition coefficient (Wildman–Crippen LogP) is -0.493. The summed E-state index contributed by atoms with van der Waals surface area (Å²) in [4.78, 5) is 26.5. The Morgan fingerprint density at radius 1 is 1.38 bits per heavy atom. The third-order valence-corrected chi connectivity index (χ3v) is 4.74. The largest absolute Gasteiger partial charge is 0.487 e. The quantitative estimate of drug-likeness (QED) is 0.681. The molecule has 4 N–H and O–H groups in total. The first-order valence-corrected chi connectivity index (χ1v) is 7.82. The standard InChI is InChI=1S/C15H18FN5O3/c1-7-6-24-13-11-9(14(22)21(18)15(23)20(7)11)4-10(16)12(13)19-3-2-8(17)5-19/h4,7-8H,2-3,5-6,17-18H2,1H3. The van der Waals surface area contributed by atoms with E-state index in [0.29, 0.717) is 23.3 Å². The molecule has 1 fully saturated rings. The van der Waals surface area contributed by atoms with Crippen molar-refractivity contribution >= 4 is 16.6 Å². The van der Waals surface area contributed by atoms with Crippen molar-refractivity contribution in [2.45, 2.75) is 25.4 Å². The van der Waals surface area contributed by atoms with Crippen LogP contribution in [0.5, 0.6) is 5.75 Å². The van der Waals surface area contributed by atoms with Gasteiger partial charge in [0.05, 0.1) is 11.4 Å². The molecule has 0 bridgehead atoms. The zero-order chi connectivity index (χ0) is 17.2. The Balaban J connectivity index is 2.12. The minimum Gasteiger partial charge on any atom is -0.487 e. The Labute approximate surface area is 136 Å². The Morgan fingerprint density at radius 3 is 2.79 bits per heavy atom. The molecule has 0 radical (unpaired) electrons. The van der Waals surface area contributed by atoms with Crippen LogP contribution in [0.3, 0.4) is 0 Å². The molecule has 3 heterocycles. The molecule has 2 aromatic rings. The highest BCUT2D eigenvalue weighted by Crippen LogP contribution is 2.41. The van der Waals surface area contributed by atoms with Gasteiger partial charge in [-0.2, -0.15) is 4.68 Å². The van der Waals surface area contributed by atoms with Crippen molar-refractivity contribution in [2.24, 2.45) is 5.73 Å². The average molecular weight is 335 g/mol. The lowest BCUT2D eigenvalue weighted by atomic mass is 10.1. The van der Waals surface area contributed by atoms with Gasteiger partial charge < -0.3 is 21.2 Å². The van der Waals surface area contributed by atoms with Gasteiger partial charge in [-0.05, 0) is 19.4 Å². The molecule has 0 aliphatic carbocycles. The Bertz CT molecular complexity index is 966. The Hall–Kier alpha value is -2.55. The summed E-state index contributed by atoms with van der Waals surface area (Å²) in [5, 5.41) is 0.0309. The van der Waals surface area contributed by atoms with Crippen molar-refractivity contribution < 1.29 is 9.13 Å². The van der Waals surface area contributed by atoms with Gasteiger partial charge in [0.2, 0.25) is 0 Å². The van der Waals surface area contributed by atoms with Crippen LogP contribution in [0.4, 0.5) is 10.1 Å². The zero-order valence-electron chi connectivity index (χ0n) is 13.2. The molecule has 1 aromatic carbocycles. The second-order valence-electron chi connectivity index (χ2n) is 6.41. The van der Waals surface area contributed by atoms with E-state index in [0.717, 1.165) is 12.5 Å². The number of nitrogens with zero attached hydrogens (tertiary/aromatic N) is 3. The summed E-state index contributed by atoms with van der Waals surface area (Å²) >= 11 is 0. The number of nitrogen functional groups attached to an aromatic ring is 1. The van der Waals surface area contributed by atoms with E-state index in [4.69, 9.17) is 16.3 Å². The van der Waals surface area contributed by atoms with Crippen LogP contribution in [0.25, 0.3) is 10.9 Å². The number of ether oxygens (including phenoxy) is 1. The molecule has 2 aliphatic rings. The molecule has 0 spiro atoms. The van der Waals surface area contributed by atoms with E-state index in [1.165, 1.54) is 4.57 Å². The van der Waals surface area contributed by atoms with Crippen LogP contribution in [0, 0.1) is 5.82 Å². The van der Waals surface area contributed by atoms with Gasteiger partial charge in [0, 0.05) is 19.1 Å². The van der Waals surface area contributed by atoms with Crippen LogP contribution in [-0.4, -0.2) is 35.0 Å². The number of benzene rings is 1. The molecular formula is C15H18FN5O3. The monoisotopic (exact) mass is 335 g/mol. The lowest BCUT2D eigenvalue weighted by Crippen LogP contribution is -2.47. The first-order chi connectivity index (χ1) is 11.4. The van der Waals surface area contributed by atoms with E-state index in [2.05, 4.69) is 0 Å². The van der Waals surface area contributed by atoms with E-state index < -0.39 is 17.1 Å². The highest BCUT2D eigenvalue weighted by molar-refractivity contribution is 5.91. The molecule has 128 valence electrons. The summed E-state index contributed by atoms with van der Waals surface area (Å²) in [6, 6.07) is 0.761. The highest BCUT2D eigenvalue weighted by Gasteiger charge is 2.32. The number of nitrogens with two attached hydrogens (primary N) is 2. The van der Waals surface area contributed by atoms with Gasteiger partial charge in [-0.1, -0.05) is 0 Å². The highest BCUT2D eigenvalue weighted by atomic mass is 19.1. The fourth-order valence-electron chi connectivity index (χ4n) is 3.55. The molecule has 2 unspecified atom stereocenters. The van der Waals surface area contributed by atoms with Crippen molar-refractivity contribution in [3.63, 3.8) is 0 Å². The van der Waals surface area contributed by atoms with Gasteiger partial charge in [0.1, 0.15) is 17.8 Å². The molecule has 24 heavy (non-hydrogen) atoms. The summed E-state index contributed by atoms with van der Waals surface area (Å²) in [5.41, 5.74) is 5.09. The second kappa shape index (κ2) is 4.97. The lowest BCUT2D eigenvalue weighted by molar-refractivity contribution is 0.241. The summed E-state index contributed by atoms with van der Waals surface area (Å²) in [5.74, 6) is 5.20. The van der Waals surface area contributed by atoms with Gasteiger partial charge in [-0.25, -0.2) is 9.18 Å². The molecule has 4 rings (SSSR count). The van der Waals surface area contributed by atoms with E-state index in [1.54, 1.807) is 11.8 Å². The van der Waals surface area contributed by atoms with E-state index in [1.807, 2.05) is 0 Å². The van der Waals surface area contributed by atoms with Crippen molar-refractivity contribution in [3.05, 3.63) is 32.7 Å². The third-order valence-electron chi connectivity index (χ3n) is 4.74. The van der Waals surface area contributed by atoms with Crippen molar-refractivity contribution in [1.82, 2.24) is 9.24 Å². The number of hydrogen-bond acceptors (Lipinski definition) is 6. The van der Waals surface area contributed by atoms with E-state index in [-0.39, 0.29) is 35.5 Å². The molecule has 9 heteroatoms. The fraction of sp³-hybridized carbons (Fsp3) is 0.467. The van der Waals surface area contributed by atoms with E-state index in [9.17, 15) is 14.0 Å². The normalized spacial score (nSPS) is 22.9. The van der Waals surface area contributed by atoms with Gasteiger partial charge in [-0.15, -0.1) is 0 Å². The molecule has 0 amide bonds. The predicted molar refractivity (Wildman–Crippen MR) is 87.6 cm³/mol. The SMILES string of the molecule is CC1COc2c(N3CCC(N)C3)c(F)cc3c(=O)n(N)c(=O)n1c23. The molecule has 2 aliphatic heterocycles. The van der Waals surface area contributed by atoms with Crippen LogP contribution < -0.4 is 32.5 Å². The fourth-order valence-corrected chi connectivity index (χ4v) is 3.55. The second-order valence-corrected chi connectivity index (χ2v) is 6.41. The molecule has 1 saturated heterocycles. The van der Waals surface area contributed by atoms with Crippen molar-refractivity contribution in [2.75, 3.05) is 30.4 Å². The number of aromatic nitrogens is 2. The lowest BCUT2D eigenvalue weighted by Gasteiger charge is -2.30. The average Bonchev–Trinajstić information content (AvgIpc) is 2.97. The number of halogens is 1. The van der Waals surface area contributed by atoms with Crippen LogP contribution in [-0.2, 0) is 0 Å². The van der Waals surface area contributed by atoms with Gasteiger partial charge in [-0.3, -0.25) is 9.36 Å². The molecule has 1 aromatic heterocycles. The maximum Gasteiger partial charge on any atom is 0.350 e. The van der Waals surface area contributed by atoms with Gasteiger partial charge in [0.15, 0.2) is 11.6 Å². The summed E-state index contributed by atoms with van der Waals surface area (Å²) < 4.78 is 22.4. The van der Waals surface area contributed by atoms with Crippen LogP contribution >= 0.6 is 0 Å². The van der Waals surface area contributed by atoms with Gasteiger partial charge >= 0.3 is 5.69 Å². The van der Waals surface area contributed by atoms with Crippen LogP contribution in [0.15, 0.2) is 15.7 Å². The number of anilines is 1. The maximum atomic E-state index is 14.8. The maximum absolute atomic E-state index is 14.8. The number of rotatable bonds is 1. The summed E-state index contributed by atoms with van der Waals surface area (Å²) in [6.45, 7) is 3.06. The summed E-state index contributed by atoms with van der Waals surface area (Å²) in [7, 11) is 0. The first kappa shape index (κ1) is 15.0. The summed E-state index contributed by atoms with van der Waals surface area (Å²) in [6.07, 6.45) is 0.741. The first-order valence-electron chi connectivity index (χ1n) is 7.82. The minimum absolute atomic E-state index is 0.0309. The Kier molecular flexibility index (Phi) is 3.11. The smallest absolute Gasteiger partial charge is 0.350 e. The molecule has 2 atom stereocenters. The zero-order valence-corrected chi connectivity index (χ0v) is 13.2.